The minimum Gasteiger partial charge on any atom is -0.340 e. The van der Waals surface area contributed by atoms with Gasteiger partial charge in [-0.2, -0.15) is 0 Å². The van der Waals surface area contributed by atoms with Crippen LogP contribution < -0.4 is 0 Å². The van der Waals surface area contributed by atoms with E-state index in [4.69, 9.17) is 0 Å². The van der Waals surface area contributed by atoms with Crippen molar-refractivity contribution < 1.29 is 9.59 Å². The maximum absolute atomic E-state index is 12.9. The third kappa shape index (κ3) is 4.89. The topological polar surface area (TPSA) is 97.1 Å². The summed E-state index contributed by atoms with van der Waals surface area (Å²) in [5.74, 6) is 1.32. The highest BCUT2D eigenvalue weighted by Gasteiger charge is 2.30. The highest BCUT2D eigenvalue weighted by Crippen LogP contribution is 2.21. The van der Waals surface area contributed by atoms with Crippen LogP contribution in [0.25, 0.3) is 0 Å². The van der Waals surface area contributed by atoms with Crippen molar-refractivity contribution in [3.05, 3.63) is 35.9 Å². The van der Waals surface area contributed by atoms with E-state index in [9.17, 15) is 9.59 Å². The Morgan fingerprint density at radius 1 is 1.17 bits per heavy atom. The number of ketones is 1. The molecule has 0 unspecified atom stereocenters. The summed E-state index contributed by atoms with van der Waals surface area (Å²) in [6, 6.07) is 3.55. The molecule has 30 heavy (non-hydrogen) atoms. The van der Waals surface area contributed by atoms with Gasteiger partial charge in [-0.1, -0.05) is 6.92 Å². The number of nitrogens with zero attached hydrogens (tertiary/aromatic N) is 7. The fourth-order valence-electron chi connectivity index (χ4n) is 4.27. The minimum atomic E-state index is -0.185. The molecule has 0 aromatic carbocycles. The quantitative estimate of drug-likeness (QED) is 0.663. The Bertz CT molecular complexity index is 861. The average Bonchev–Trinajstić information content (AvgIpc) is 3.22. The predicted molar refractivity (Wildman–Crippen MR) is 109 cm³/mol. The predicted octanol–water partition coefficient (Wildman–Crippen LogP) is 1.42. The summed E-state index contributed by atoms with van der Waals surface area (Å²) in [7, 11) is 0. The van der Waals surface area contributed by atoms with Crippen LogP contribution >= 0.6 is 0 Å². The van der Waals surface area contributed by atoms with Crippen molar-refractivity contribution in [1.29, 1.82) is 0 Å². The summed E-state index contributed by atoms with van der Waals surface area (Å²) in [6.45, 7) is 6.23. The van der Waals surface area contributed by atoms with Crippen LogP contribution in [0.2, 0.25) is 0 Å². The summed E-state index contributed by atoms with van der Waals surface area (Å²) >= 11 is 0. The first-order valence-electron chi connectivity index (χ1n) is 10.8. The molecule has 1 atom stereocenters. The van der Waals surface area contributed by atoms with Gasteiger partial charge < -0.3 is 4.90 Å². The van der Waals surface area contributed by atoms with Gasteiger partial charge in [-0.15, -0.1) is 5.10 Å². The molecular formula is C21H29N7O2. The second-order valence-corrected chi connectivity index (χ2v) is 8.50. The van der Waals surface area contributed by atoms with Gasteiger partial charge >= 0.3 is 0 Å². The Morgan fingerprint density at radius 2 is 2.00 bits per heavy atom. The van der Waals surface area contributed by atoms with Crippen LogP contribution in [0.1, 0.15) is 48.8 Å². The van der Waals surface area contributed by atoms with Crippen molar-refractivity contribution in [3.8, 4) is 0 Å². The first-order valence-corrected chi connectivity index (χ1v) is 10.8. The van der Waals surface area contributed by atoms with E-state index in [1.54, 1.807) is 34.1 Å². The van der Waals surface area contributed by atoms with Gasteiger partial charge in [0, 0.05) is 37.0 Å². The van der Waals surface area contributed by atoms with Crippen LogP contribution in [0, 0.1) is 11.8 Å². The fourth-order valence-corrected chi connectivity index (χ4v) is 4.27. The zero-order chi connectivity index (χ0) is 20.9. The van der Waals surface area contributed by atoms with Crippen molar-refractivity contribution >= 4 is 11.7 Å². The molecule has 2 aromatic heterocycles. The van der Waals surface area contributed by atoms with Gasteiger partial charge in [-0.3, -0.25) is 19.5 Å². The molecule has 4 rings (SSSR count). The van der Waals surface area contributed by atoms with Crippen molar-refractivity contribution in [2.75, 3.05) is 26.2 Å². The van der Waals surface area contributed by atoms with Gasteiger partial charge in [0.15, 0.2) is 11.6 Å². The molecule has 2 aliphatic heterocycles. The van der Waals surface area contributed by atoms with E-state index in [1.807, 2.05) is 0 Å². The molecule has 0 N–H and O–H groups in total. The summed E-state index contributed by atoms with van der Waals surface area (Å²) < 4.78 is 1.60. The average molecular weight is 412 g/mol. The first kappa shape index (κ1) is 20.6. The smallest absolute Gasteiger partial charge is 0.244 e. The highest BCUT2D eigenvalue weighted by atomic mass is 16.2. The number of rotatable bonds is 6. The maximum atomic E-state index is 12.9. The van der Waals surface area contributed by atoms with E-state index < -0.39 is 0 Å². The molecular weight excluding hydrogens is 382 g/mol. The molecule has 2 saturated heterocycles. The molecule has 9 heteroatoms. The number of carbonyl (C=O) groups is 2. The number of Topliss-reactive ketones (excluding diaryl/α,β-unsaturated/α-hetero) is 1. The largest absolute Gasteiger partial charge is 0.340 e. The lowest BCUT2D eigenvalue weighted by atomic mass is 9.90. The molecule has 0 radical (unpaired) electrons. The number of carbonyl (C=O) groups excluding carboxylic acids is 2. The molecule has 2 fully saturated rings. The molecule has 2 aliphatic rings. The zero-order valence-electron chi connectivity index (χ0n) is 17.5. The Morgan fingerprint density at radius 3 is 2.77 bits per heavy atom. The number of hydrogen-bond acceptors (Lipinski definition) is 7. The molecule has 0 spiro atoms. The van der Waals surface area contributed by atoms with E-state index in [0.717, 1.165) is 37.7 Å². The van der Waals surface area contributed by atoms with Gasteiger partial charge in [-0.05, 0) is 67.3 Å². The normalized spacial score (nSPS) is 21.0. The van der Waals surface area contributed by atoms with Gasteiger partial charge in [-0.25, -0.2) is 4.68 Å². The lowest BCUT2D eigenvalue weighted by molar-refractivity contribution is -0.133. The second-order valence-electron chi connectivity index (χ2n) is 8.50. The monoisotopic (exact) mass is 411 g/mol. The van der Waals surface area contributed by atoms with E-state index >= 15 is 0 Å². The van der Waals surface area contributed by atoms with Crippen molar-refractivity contribution in [1.82, 2.24) is 35.0 Å². The Balaban J connectivity index is 1.35. The van der Waals surface area contributed by atoms with Crippen molar-refractivity contribution in [3.63, 3.8) is 0 Å². The molecule has 160 valence electrons. The van der Waals surface area contributed by atoms with E-state index in [2.05, 4.69) is 32.3 Å². The molecule has 0 aliphatic carbocycles. The van der Waals surface area contributed by atoms with Crippen LogP contribution in [0.3, 0.4) is 0 Å². The van der Waals surface area contributed by atoms with E-state index in [-0.39, 0.29) is 24.2 Å². The molecule has 0 saturated carbocycles. The summed E-state index contributed by atoms with van der Waals surface area (Å²) in [4.78, 5) is 33.8. The lowest BCUT2D eigenvalue weighted by Gasteiger charge is -2.32. The van der Waals surface area contributed by atoms with Gasteiger partial charge in [0.1, 0.15) is 6.54 Å². The molecule has 1 amide bonds. The Kier molecular flexibility index (Phi) is 6.47. The van der Waals surface area contributed by atoms with Gasteiger partial charge in [0.25, 0.3) is 0 Å². The highest BCUT2D eigenvalue weighted by molar-refractivity contribution is 5.98. The number of aromatic nitrogens is 5. The summed E-state index contributed by atoms with van der Waals surface area (Å²) in [6.07, 6.45) is 7.22. The number of hydrogen-bond donors (Lipinski definition) is 0. The maximum Gasteiger partial charge on any atom is 0.244 e. The third-order valence-electron chi connectivity index (χ3n) is 6.22. The zero-order valence-corrected chi connectivity index (χ0v) is 17.5. The number of piperidine rings is 2. The fraction of sp³-hybridized carbons (Fsp3) is 0.619. The van der Waals surface area contributed by atoms with Gasteiger partial charge in [0.2, 0.25) is 5.91 Å². The van der Waals surface area contributed by atoms with Crippen LogP contribution in [-0.4, -0.2) is 72.9 Å². The Labute approximate surface area is 176 Å². The second kappa shape index (κ2) is 9.42. The summed E-state index contributed by atoms with van der Waals surface area (Å²) in [5.41, 5.74) is 0.607. The standard InChI is InChI=1S/C21H29N7O2/c1-16-6-10-26(11-7-16)14-19-23-24-25-28(19)15-20(29)27-9-3-5-18(13-27)21(30)17-4-2-8-22-12-17/h2,4,8,12,16,18H,3,5-7,9-11,13-15H2,1H3/t18-/m1/s1. The number of tetrazole rings is 1. The van der Waals surface area contributed by atoms with Crippen molar-refractivity contribution in [2.45, 2.75) is 45.7 Å². The SMILES string of the molecule is CC1CCN(Cc2nnnn2CC(=O)N2CCC[C@@H](C(=O)c3cccnc3)C2)CC1. The van der Waals surface area contributed by atoms with Crippen LogP contribution in [0.15, 0.2) is 24.5 Å². The number of likely N-dealkylation sites (tertiary alicyclic amines) is 2. The minimum absolute atomic E-state index is 0.0421. The van der Waals surface area contributed by atoms with Gasteiger partial charge in [0.05, 0.1) is 6.54 Å². The third-order valence-corrected chi connectivity index (χ3v) is 6.22. The molecule has 9 nitrogen and oxygen atoms in total. The molecule has 4 heterocycles. The molecule has 2 aromatic rings. The molecule has 0 bridgehead atoms. The number of pyridine rings is 1. The number of amides is 1. The van der Waals surface area contributed by atoms with E-state index in [1.165, 1.54) is 12.8 Å². The Hall–Kier alpha value is -2.68. The van der Waals surface area contributed by atoms with Crippen LogP contribution in [-0.2, 0) is 17.9 Å². The lowest BCUT2D eigenvalue weighted by Crippen LogP contribution is -2.44. The first-order chi connectivity index (χ1) is 14.6. The van der Waals surface area contributed by atoms with Crippen molar-refractivity contribution in [2.24, 2.45) is 11.8 Å². The van der Waals surface area contributed by atoms with E-state index in [0.29, 0.717) is 25.2 Å². The van der Waals surface area contributed by atoms with Crippen LogP contribution in [0.5, 0.6) is 0 Å². The summed E-state index contributed by atoms with van der Waals surface area (Å²) in [5, 5.41) is 12.0. The van der Waals surface area contributed by atoms with Crippen LogP contribution in [0.4, 0.5) is 0 Å².